The third-order valence-corrected chi connectivity index (χ3v) is 1.75. The van der Waals surface area contributed by atoms with Gasteiger partial charge in [0.2, 0.25) is 0 Å². The Kier molecular flexibility index (Phi) is 1.25. The zero-order valence-electron chi connectivity index (χ0n) is 5.02. The van der Waals surface area contributed by atoms with E-state index in [0.717, 1.165) is 11.3 Å². The largest absolute Gasteiger partial charge is 0.364 e. The highest BCUT2D eigenvalue weighted by molar-refractivity contribution is 7.03. The van der Waals surface area contributed by atoms with Crippen LogP contribution in [0.5, 0.6) is 0 Å². The summed E-state index contributed by atoms with van der Waals surface area (Å²) in [6, 6.07) is 1.81. The van der Waals surface area contributed by atoms with Crippen molar-refractivity contribution < 1.29 is 4.52 Å². The van der Waals surface area contributed by atoms with E-state index in [2.05, 4.69) is 14.1 Å². The molecule has 0 amide bonds. The Balaban J connectivity index is 2.48. The molecule has 0 atom stereocenters. The summed E-state index contributed by atoms with van der Waals surface area (Å²) in [6.07, 6.45) is 3.32. The van der Waals surface area contributed by atoms with Crippen molar-refractivity contribution in [3.05, 3.63) is 23.9 Å². The van der Waals surface area contributed by atoms with Crippen molar-refractivity contribution in [1.29, 1.82) is 0 Å². The highest BCUT2D eigenvalue weighted by atomic mass is 32.1. The van der Waals surface area contributed by atoms with Crippen LogP contribution >= 0.6 is 11.5 Å². The monoisotopic (exact) mass is 152 g/mol. The van der Waals surface area contributed by atoms with Crippen LogP contribution in [-0.4, -0.2) is 9.53 Å². The van der Waals surface area contributed by atoms with Gasteiger partial charge in [0.25, 0.3) is 0 Å². The van der Waals surface area contributed by atoms with E-state index in [1.165, 1.54) is 11.5 Å². The fourth-order valence-electron chi connectivity index (χ4n) is 0.693. The summed E-state index contributed by atoms with van der Waals surface area (Å²) >= 11 is 1.41. The molecule has 0 aliphatic heterocycles. The molecule has 2 rings (SSSR count). The molecule has 0 fully saturated rings. The van der Waals surface area contributed by atoms with Crippen molar-refractivity contribution >= 4 is 11.5 Å². The summed E-state index contributed by atoms with van der Waals surface area (Å²) < 4.78 is 8.60. The average molecular weight is 152 g/mol. The maximum atomic E-state index is 4.67. The Labute approximate surface area is 61.5 Å². The van der Waals surface area contributed by atoms with Crippen LogP contribution in [0.25, 0.3) is 11.3 Å². The summed E-state index contributed by atoms with van der Waals surface area (Å²) in [5, 5.41) is 5.68. The molecule has 0 unspecified atom stereocenters. The maximum absolute atomic E-state index is 4.67. The van der Waals surface area contributed by atoms with Gasteiger partial charge in [-0.1, -0.05) is 5.16 Å². The molecule has 2 aromatic heterocycles. The molecule has 0 radical (unpaired) electrons. The van der Waals surface area contributed by atoms with Crippen LogP contribution in [0.1, 0.15) is 0 Å². The molecule has 3 nitrogen and oxygen atoms in total. The van der Waals surface area contributed by atoms with Crippen molar-refractivity contribution in [3.63, 3.8) is 0 Å². The van der Waals surface area contributed by atoms with Gasteiger partial charge in [0.15, 0.2) is 0 Å². The van der Waals surface area contributed by atoms with E-state index in [-0.39, 0.29) is 0 Å². The highest BCUT2D eigenvalue weighted by Gasteiger charge is 1.99. The van der Waals surface area contributed by atoms with Crippen LogP contribution in [0.15, 0.2) is 28.4 Å². The second kappa shape index (κ2) is 2.22. The van der Waals surface area contributed by atoms with Gasteiger partial charge in [-0.05, 0) is 11.5 Å². The minimum absolute atomic E-state index is 0.841. The van der Waals surface area contributed by atoms with Crippen LogP contribution in [0.2, 0.25) is 0 Å². The Morgan fingerprint density at radius 2 is 2.50 bits per heavy atom. The number of rotatable bonds is 1. The average Bonchev–Trinajstić information content (AvgIpc) is 2.59. The van der Waals surface area contributed by atoms with Gasteiger partial charge in [0.1, 0.15) is 12.0 Å². The first-order valence-corrected chi connectivity index (χ1v) is 3.60. The zero-order valence-corrected chi connectivity index (χ0v) is 5.84. The number of hydrogen-bond donors (Lipinski definition) is 0. The quantitative estimate of drug-likeness (QED) is 0.625. The first-order chi connectivity index (χ1) is 4.97. The van der Waals surface area contributed by atoms with E-state index in [9.17, 15) is 0 Å². The van der Waals surface area contributed by atoms with Crippen molar-refractivity contribution in [2.45, 2.75) is 0 Å². The molecule has 4 heteroatoms. The van der Waals surface area contributed by atoms with Crippen molar-refractivity contribution in [2.24, 2.45) is 0 Å². The summed E-state index contributed by atoms with van der Waals surface area (Å²) in [4.78, 5) is 0. The van der Waals surface area contributed by atoms with Gasteiger partial charge in [0, 0.05) is 17.0 Å². The molecule has 2 aromatic rings. The fraction of sp³-hybridized carbons (Fsp3) is 0. The first kappa shape index (κ1) is 5.61. The highest BCUT2D eigenvalue weighted by Crippen LogP contribution is 2.16. The lowest BCUT2D eigenvalue weighted by molar-refractivity contribution is 0.422. The Hall–Kier alpha value is -1.16. The molecule has 0 saturated heterocycles. The van der Waals surface area contributed by atoms with Gasteiger partial charge in [-0.3, -0.25) is 0 Å². The van der Waals surface area contributed by atoms with E-state index >= 15 is 0 Å². The van der Waals surface area contributed by atoms with Crippen LogP contribution in [0.4, 0.5) is 0 Å². The van der Waals surface area contributed by atoms with E-state index in [0.29, 0.717) is 0 Å². The van der Waals surface area contributed by atoms with Gasteiger partial charge < -0.3 is 4.52 Å². The maximum Gasteiger partial charge on any atom is 0.124 e. The van der Waals surface area contributed by atoms with Gasteiger partial charge in [-0.2, -0.15) is 0 Å². The van der Waals surface area contributed by atoms with E-state index < -0.39 is 0 Å². The van der Waals surface area contributed by atoms with Gasteiger partial charge >= 0.3 is 0 Å². The second-order valence-corrected chi connectivity index (χ2v) is 2.46. The summed E-state index contributed by atoms with van der Waals surface area (Å²) in [5.41, 5.74) is 1.85. The Morgan fingerprint density at radius 3 is 3.10 bits per heavy atom. The van der Waals surface area contributed by atoms with Crippen molar-refractivity contribution in [3.8, 4) is 11.3 Å². The molecular weight excluding hydrogens is 148 g/mol. The number of nitrogens with zero attached hydrogens (tertiary/aromatic N) is 2. The van der Waals surface area contributed by atoms with Crippen molar-refractivity contribution in [2.75, 3.05) is 0 Å². The third-order valence-electron chi connectivity index (χ3n) is 1.17. The molecule has 50 valence electrons. The van der Waals surface area contributed by atoms with Crippen LogP contribution in [0.3, 0.4) is 0 Å². The second-order valence-electron chi connectivity index (χ2n) is 1.80. The lowest BCUT2D eigenvalue weighted by Crippen LogP contribution is -1.68. The van der Waals surface area contributed by atoms with E-state index in [1.54, 1.807) is 12.5 Å². The smallest absolute Gasteiger partial charge is 0.124 e. The number of hydrogen-bond acceptors (Lipinski definition) is 4. The minimum atomic E-state index is 0.841. The first-order valence-electron chi connectivity index (χ1n) is 2.77. The third kappa shape index (κ3) is 0.823. The molecule has 2 heterocycles. The standard InChI is InChI=1S/C6H4N2OS/c1-2-9-8-6(1)5-3-7-10-4-5/h1-4H. The molecule has 0 aromatic carbocycles. The van der Waals surface area contributed by atoms with E-state index in [1.807, 2.05) is 11.4 Å². The van der Waals surface area contributed by atoms with Crippen molar-refractivity contribution in [1.82, 2.24) is 9.53 Å². The van der Waals surface area contributed by atoms with Crippen LogP contribution < -0.4 is 0 Å². The normalized spacial score (nSPS) is 10.0. The summed E-state index contributed by atoms with van der Waals surface area (Å²) in [6.45, 7) is 0. The minimum Gasteiger partial charge on any atom is -0.364 e. The summed E-state index contributed by atoms with van der Waals surface area (Å²) in [7, 11) is 0. The Bertz CT molecular complexity index is 255. The van der Waals surface area contributed by atoms with Gasteiger partial charge in [-0.15, -0.1) is 0 Å². The molecule has 10 heavy (non-hydrogen) atoms. The van der Waals surface area contributed by atoms with Gasteiger partial charge in [-0.25, -0.2) is 4.37 Å². The molecule has 0 aliphatic rings. The fourth-order valence-corrected chi connectivity index (χ4v) is 1.22. The molecule has 0 N–H and O–H groups in total. The predicted molar refractivity (Wildman–Crippen MR) is 37.6 cm³/mol. The van der Waals surface area contributed by atoms with Gasteiger partial charge in [0.05, 0.1) is 6.20 Å². The lowest BCUT2D eigenvalue weighted by atomic mass is 10.3. The number of aromatic nitrogens is 2. The van der Waals surface area contributed by atoms with Crippen LogP contribution in [-0.2, 0) is 0 Å². The van der Waals surface area contributed by atoms with E-state index in [4.69, 9.17) is 0 Å². The lowest BCUT2D eigenvalue weighted by Gasteiger charge is -1.80. The molecule has 0 saturated carbocycles. The summed E-state index contributed by atoms with van der Waals surface area (Å²) in [5.74, 6) is 0. The molecule has 0 bridgehead atoms. The zero-order chi connectivity index (χ0) is 6.81. The predicted octanol–water partition coefficient (Wildman–Crippen LogP) is 1.80. The molecule has 0 aliphatic carbocycles. The molecule has 0 spiro atoms. The SMILES string of the molecule is c1cc(-c2cnsc2)no1. The topological polar surface area (TPSA) is 38.9 Å². The Morgan fingerprint density at radius 1 is 1.50 bits per heavy atom. The van der Waals surface area contributed by atoms with Crippen LogP contribution in [0, 0.1) is 0 Å². The molecular formula is C6H4N2OS.